The van der Waals surface area contributed by atoms with Crippen molar-refractivity contribution in [3.63, 3.8) is 0 Å². The van der Waals surface area contributed by atoms with Gasteiger partial charge >= 0.3 is 5.97 Å². The zero-order valence-corrected chi connectivity index (χ0v) is 11.2. The number of benzene rings is 1. The first-order chi connectivity index (χ1) is 10.1. The number of anilines is 1. The molecule has 0 aliphatic heterocycles. The van der Waals surface area contributed by atoms with Crippen LogP contribution < -0.4 is 5.32 Å². The smallest absolute Gasteiger partial charge is 0.322 e. The van der Waals surface area contributed by atoms with Gasteiger partial charge in [0.15, 0.2) is 5.78 Å². The standard InChI is InChI=1S/C16H14N2O3/c19-15(8-3-12-2-1-9-17-10-12)13-4-6-14(7-5-13)18-11-16(20)21/h1-10,18H,11H2,(H,20,21)/b8-3+. The summed E-state index contributed by atoms with van der Waals surface area (Å²) in [4.78, 5) is 26.4. The van der Waals surface area contributed by atoms with E-state index in [-0.39, 0.29) is 12.3 Å². The SMILES string of the molecule is O=C(O)CNc1ccc(C(=O)/C=C/c2cccnc2)cc1. The minimum absolute atomic E-state index is 0.122. The van der Waals surface area contributed by atoms with Gasteiger partial charge < -0.3 is 10.4 Å². The van der Waals surface area contributed by atoms with E-state index in [4.69, 9.17) is 5.11 Å². The van der Waals surface area contributed by atoms with Crippen molar-refractivity contribution in [1.82, 2.24) is 4.98 Å². The van der Waals surface area contributed by atoms with Crippen LogP contribution >= 0.6 is 0 Å². The van der Waals surface area contributed by atoms with Gasteiger partial charge in [0, 0.05) is 23.6 Å². The molecule has 106 valence electrons. The lowest BCUT2D eigenvalue weighted by atomic mass is 10.1. The Bertz CT molecular complexity index is 649. The van der Waals surface area contributed by atoms with Gasteiger partial charge in [0.05, 0.1) is 0 Å². The van der Waals surface area contributed by atoms with Gasteiger partial charge in [0.25, 0.3) is 0 Å². The third-order valence-corrected chi connectivity index (χ3v) is 2.72. The largest absolute Gasteiger partial charge is 0.480 e. The molecule has 0 saturated heterocycles. The molecule has 2 N–H and O–H groups in total. The number of aliphatic carboxylic acids is 1. The second-order valence-electron chi connectivity index (χ2n) is 4.31. The van der Waals surface area contributed by atoms with E-state index in [2.05, 4.69) is 10.3 Å². The fourth-order valence-corrected chi connectivity index (χ4v) is 1.67. The first-order valence-electron chi connectivity index (χ1n) is 6.33. The highest BCUT2D eigenvalue weighted by atomic mass is 16.4. The first-order valence-corrected chi connectivity index (χ1v) is 6.33. The van der Waals surface area contributed by atoms with Crippen molar-refractivity contribution >= 4 is 23.5 Å². The van der Waals surface area contributed by atoms with Crippen LogP contribution in [-0.4, -0.2) is 28.4 Å². The van der Waals surface area contributed by atoms with E-state index in [0.717, 1.165) is 5.56 Å². The predicted octanol–water partition coefficient (Wildman–Crippen LogP) is 2.47. The molecule has 0 amide bonds. The summed E-state index contributed by atoms with van der Waals surface area (Å²) in [7, 11) is 0. The topological polar surface area (TPSA) is 79.3 Å². The predicted molar refractivity (Wildman–Crippen MR) is 80.2 cm³/mol. The van der Waals surface area contributed by atoms with Crippen molar-refractivity contribution in [2.24, 2.45) is 0 Å². The lowest BCUT2D eigenvalue weighted by Crippen LogP contribution is -2.12. The lowest BCUT2D eigenvalue weighted by Gasteiger charge is -2.03. The number of carboxylic acids is 1. The number of pyridine rings is 1. The van der Waals surface area contributed by atoms with E-state index in [1.165, 1.54) is 6.08 Å². The Balaban J connectivity index is 2.00. The highest BCUT2D eigenvalue weighted by Crippen LogP contribution is 2.11. The lowest BCUT2D eigenvalue weighted by molar-refractivity contribution is -0.134. The van der Waals surface area contributed by atoms with E-state index < -0.39 is 5.97 Å². The summed E-state index contributed by atoms with van der Waals surface area (Å²) in [6, 6.07) is 10.3. The van der Waals surface area contributed by atoms with Gasteiger partial charge in [-0.25, -0.2) is 0 Å². The maximum absolute atomic E-state index is 12.0. The Morgan fingerprint density at radius 3 is 2.57 bits per heavy atom. The fourth-order valence-electron chi connectivity index (χ4n) is 1.67. The van der Waals surface area contributed by atoms with Crippen LogP contribution in [0.2, 0.25) is 0 Å². The zero-order chi connectivity index (χ0) is 15.1. The Kier molecular flexibility index (Phi) is 4.82. The number of carboxylic acid groups (broad SMARTS) is 1. The molecule has 0 fully saturated rings. The highest BCUT2D eigenvalue weighted by molar-refractivity contribution is 6.06. The molecule has 5 heteroatoms. The van der Waals surface area contributed by atoms with Gasteiger partial charge in [-0.1, -0.05) is 6.07 Å². The fraction of sp³-hybridized carbons (Fsp3) is 0.0625. The number of carbonyl (C=O) groups excluding carboxylic acids is 1. The molecule has 1 aromatic heterocycles. The Labute approximate surface area is 122 Å². The number of hydrogen-bond acceptors (Lipinski definition) is 4. The normalized spacial score (nSPS) is 10.5. The number of nitrogens with zero attached hydrogens (tertiary/aromatic N) is 1. The summed E-state index contributed by atoms with van der Waals surface area (Å²) in [5, 5.41) is 11.3. The second kappa shape index (κ2) is 7.00. The maximum Gasteiger partial charge on any atom is 0.322 e. The van der Waals surface area contributed by atoms with Crippen LogP contribution in [0.3, 0.4) is 0 Å². The van der Waals surface area contributed by atoms with Gasteiger partial charge in [-0.15, -0.1) is 0 Å². The molecule has 21 heavy (non-hydrogen) atoms. The van der Waals surface area contributed by atoms with Crippen LogP contribution in [0.1, 0.15) is 15.9 Å². The number of rotatable bonds is 6. The third-order valence-electron chi connectivity index (χ3n) is 2.72. The summed E-state index contributed by atoms with van der Waals surface area (Å²) in [5.74, 6) is -1.06. The zero-order valence-electron chi connectivity index (χ0n) is 11.2. The Morgan fingerprint density at radius 2 is 1.95 bits per heavy atom. The van der Waals surface area contributed by atoms with E-state index in [9.17, 15) is 9.59 Å². The molecule has 5 nitrogen and oxygen atoms in total. The molecule has 1 heterocycles. The van der Waals surface area contributed by atoms with Crippen LogP contribution in [0.15, 0.2) is 54.9 Å². The molecule has 2 aromatic rings. The molecule has 0 spiro atoms. The van der Waals surface area contributed by atoms with Gasteiger partial charge in [0.1, 0.15) is 6.54 Å². The van der Waals surface area contributed by atoms with E-state index in [1.807, 2.05) is 6.07 Å². The number of hydrogen-bond donors (Lipinski definition) is 2. The molecule has 0 atom stereocenters. The van der Waals surface area contributed by atoms with Crippen LogP contribution in [0, 0.1) is 0 Å². The Hall–Kier alpha value is -2.95. The average molecular weight is 282 g/mol. The Morgan fingerprint density at radius 1 is 1.19 bits per heavy atom. The molecule has 0 unspecified atom stereocenters. The summed E-state index contributed by atoms with van der Waals surface area (Å²) >= 11 is 0. The quantitative estimate of drug-likeness (QED) is 0.628. The summed E-state index contributed by atoms with van der Waals surface area (Å²) in [6.07, 6.45) is 6.52. The summed E-state index contributed by atoms with van der Waals surface area (Å²) < 4.78 is 0. The van der Waals surface area contributed by atoms with Gasteiger partial charge in [0.2, 0.25) is 0 Å². The number of aromatic nitrogens is 1. The van der Waals surface area contributed by atoms with Crippen molar-refractivity contribution in [2.45, 2.75) is 0 Å². The number of carbonyl (C=O) groups is 2. The molecule has 2 rings (SSSR count). The van der Waals surface area contributed by atoms with Crippen molar-refractivity contribution in [2.75, 3.05) is 11.9 Å². The monoisotopic (exact) mass is 282 g/mol. The van der Waals surface area contributed by atoms with Crippen molar-refractivity contribution in [3.8, 4) is 0 Å². The highest BCUT2D eigenvalue weighted by Gasteiger charge is 2.02. The number of ketones is 1. The van der Waals surface area contributed by atoms with Crippen LogP contribution in [0.5, 0.6) is 0 Å². The van der Waals surface area contributed by atoms with E-state index >= 15 is 0 Å². The minimum atomic E-state index is -0.936. The summed E-state index contributed by atoms with van der Waals surface area (Å²) in [5.41, 5.74) is 2.05. The van der Waals surface area contributed by atoms with Crippen molar-refractivity contribution in [3.05, 3.63) is 66.0 Å². The van der Waals surface area contributed by atoms with E-state index in [1.54, 1.807) is 48.8 Å². The first kappa shape index (κ1) is 14.5. The molecule has 0 saturated carbocycles. The van der Waals surface area contributed by atoms with Crippen molar-refractivity contribution in [1.29, 1.82) is 0 Å². The molecular formula is C16H14N2O3. The van der Waals surface area contributed by atoms with Gasteiger partial charge in [-0.3, -0.25) is 14.6 Å². The van der Waals surface area contributed by atoms with Crippen LogP contribution in [0.4, 0.5) is 5.69 Å². The van der Waals surface area contributed by atoms with Crippen LogP contribution in [0.25, 0.3) is 6.08 Å². The summed E-state index contributed by atoms with van der Waals surface area (Å²) in [6.45, 7) is -0.159. The van der Waals surface area contributed by atoms with Gasteiger partial charge in [-0.2, -0.15) is 0 Å². The van der Waals surface area contributed by atoms with Crippen LogP contribution in [-0.2, 0) is 4.79 Å². The third kappa shape index (κ3) is 4.58. The molecule has 1 aromatic carbocycles. The maximum atomic E-state index is 12.0. The molecule has 0 radical (unpaired) electrons. The van der Waals surface area contributed by atoms with Crippen molar-refractivity contribution < 1.29 is 14.7 Å². The minimum Gasteiger partial charge on any atom is -0.480 e. The average Bonchev–Trinajstić information content (AvgIpc) is 2.52. The number of allylic oxidation sites excluding steroid dienone is 1. The molecular weight excluding hydrogens is 268 g/mol. The molecule has 0 bridgehead atoms. The second-order valence-corrected chi connectivity index (χ2v) is 4.31. The van der Waals surface area contributed by atoms with E-state index in [0.29, 0.717) is 11.3 Å². The molecule has 0 aliphatic rings. The number of nitrogens with one attached hydrogen (secondary N) is 1. The molecule has 0 aliphatic carbocycles. The van der Waals surface area contributed by atoms with Gasteiger partial charge in [-0.05, 0) is 48.0 Å².